The zero-order valence-electron chi connectivity index (χ0n) is 14.0. The molecule has 1 fully saturated rings. The molecule has 1 saturated heterocycles. The predicted octanol–water partition coefficient (Wildman–Crippen LogP) is 2.83. The van der Waals surface area contributed by atoms with Crippen molar-refractivity contribution in [3.05, 3.63) is 48.0 Å². The van der Waals surface area contributed by atoms with E-state index in [-0.39, 0.29) is 5.82 Å². The van der Waals surface area contributed by atoms with Gasteiger partial charge in [0.05, 0.1) is 11.4 Å². The summed E-state index contributed by atoms with van der Waals surface area (Å²) in [5.74, 6) is 0.406. The van der Waals surface area contributed by atoms with Crippen molar-refractivity contribution in [2.24, 2.45) is 5.92 Å². The first-order chi connectivity index (χ1) is 11.0. The van der Waals surface area contributed by atoms with Crippen molar-refractivity contribution in [2.45, 2.75) is 38.9 Å². The first kappa shape index (κ1) is 16.1. The second kappa shape index (κ2) is 6.81. The molecule has 1 aromatic heterocycles. The standard InChI is InChI=1S/C18H25FN4/c1-13-12-22(3)14(2)10-18(13)20-11-16-8-9-23(21-16)17-6-4-15(19)5-7-17/h4-9,13-14,18,20H,10-12H2,1-3H3/t13-,14+,18+/m1/s1. The van der Waals surface area contributed by atoms with Crippen LogP contribution in [0.4, 0.5) is 4.39 Å². The zero-order valence-corrected chi connectivity index (χ0v) is 14.0. The molecule has 23 heavy (non-hydrogen) atoms. The molecule has 2 heterocycles. The molecule has 3 rings (SSSR count). The maximum atomic E-state index is 13.0. The highest BCUT2D eigenvalue weighted by molar-refractivity contribution is 5.31. The van der Waals surface area contributed by atoms with Crippen molar-refractivity contribution in [1.82, 2.24) is 20.0 Å². The Morgan fingerprint density at radius 3 is 2.70 bits per heavy atom. The number of nitrogens with zero attached hydrogens (tertiary/aromatic N) is 3. The minimum Gasteiger partial charge on any atom is -0.308 e. The lowest BCUT2D eigenvalue weighted by Gasteiger charge is -2.40. The molecule has 1 aliphatic heterocycles. The maximum Gasteiger partial charge on any atom is 0.123 e. The molecule has 0 bridgehead atoms. The summed E-state index contributed by atoms with van der Waals surface area (Å²) in [6.45, 7) is 6.48. The number of benzene rings is 1. The van der Waals surface area contributed by atoms with Crippen LogP contribution in [0.1, 0.15) is 26.0 Å². The second-order valence-corrected chi connectivity index (χ2v) is 6.72. The fourth-order valence-electron chi connectivity index (χ4n) is 3.25. The van der Waals surface area contributed by atoms with E-state index in [1.807, 2.05) is 12.3 Å². The van der Waals surface area contributed by atoms with E-state index in [1.54, 1.807) is 16.8 Å². The van der Waals surface area contributed by atoms with Crippen LogP contribution in [0.25, 0.3) is 5.69 Å². The quantitative estimate of drug-likeness (QED) is 0.941. The smallest absolute Gasteiger partial charge is 0.123 e. The monoisotopic (exact) mass is 316 g/mol. The molecule has 4 nitrogen and oxygen atoms in total. The summed E-state index contributed by atoms with van der Waals surface area (Å²) in [4.78, 5) is 2.42. The highest BCUT2D eigenvalue weighted by atomic mass is 19.1. The lowest BCUT2D eigenvalue weighted by Crippen LogP contribution is -2.50. The third-order valence-electron chi connectivity index (χ3n) is 4.89. The maximum absolute atomic E-state index is 13.0. The summed E-state index contributed by atoms with van der Waals surface area (Å²) >= 11 is 0. The lowest BCUT2D eigenvalue weighted by atomic mass is 9.90. The van der Waals surface area contributed by atoms with E-state index in [0.29, 0.717) is 18.0 Å². The molecule has 5 heteroatoms. The molecule has 1 N–H and O–H groups in total. The van der Waals surface area contributed by atoms with E-state index in [2.05, 4.69) is 36.2 Å². The summed E-state index contributed by atoms with van der Waals surface area (Å²) in [5, 5.41) is 8.22. The molecular formula is C18H25FN4. The Bertz CT molecular complexity index is 637. The molecule has 0 unspecified atom stereocenters. The Hall–Kier alpha value is -1.72. The van der Waals surface area contributed by atoms with Crippen LogP contribution in [-0.2, 0) is 6.54 Å². The molecule has 0 radical (unpaired) electrons. The number of halogens is 1. The van der Waals surface area contributed by atoms with E-state index < -0.39 is 0 Å². The van der Waals surface area contributed by atoms with Gasteiger partial charge in [0.25, 0.3) is 0 Å². The van der Waals surface area contributed by atoms with Gasteiger partial charge in [-0.2, -0.15) is 5.10 Å². The predicted molar refractivity (Wildman–Crippen MR) is 90.0 cm³/mol. The number of hydrogen-bond donors (Lipinski definition) is 1. The van der Waals surface area contributed by atoms with Crippen molar-refractivity contribution >= 4 is 0 Å². The van der Waals surface area contributed by atoms with E-state index in [0.717, 1.165) is 30.9 Å². The molecule has 0 amide bonds. The number of piperidine rings is 1. The SMILES string of the molecule is C[C@@H]1CN(C)[C@@H](C)C[C@@H]1NCc1ccn(-c2ccc(F)cc2)n1. The highest BCUT2D eigenvalue weighted by Gasteiger charge is 2.28. The molecule has 0 saturated carbocycles. The van der Waals surface area contributed by atoms with Crippen molar-refractivity contribution < 1.29 is 4.39 Å². The van der Waals surface area contributed by atoms with Gasteiger partial charge < -0.3 is 10.2 Å². The summed E-state index contributed by atoms with van der Waals surface area (Å²) < 4.78 is 14.8. The summed E-state index contributed by atoms with van der Waals surface area (Å²) in [5.41, 5.74) is 1.88. The van der Waals surface area contributed by atoms with Crippen LogP contribution in [0, 0.1) is 11.7 Å². The molecule has 1 aromatic carbocycles. The molecule has 0 aliphatic carbocycles. The minimum atomic E-state index is -0.229. The van der Waals surface area contributed by atoms with Gasteiger partial charge >= 0.3 is 0 Å². The van der Waals surface area contributed by atoms with Crippen molar-refractivity contribution in [3.8, 4) is 5.69 Å². The Labute approximate surface area is 137 Å². The Morgan fingerprint density at radius 1 is 1.22 bits per heavy atom. The molecule has 0 spiro atoms. The zero-order chi connectivity index (χ0) is 16.4. The second-order valence-electron chi connectivity index (χ2n) is 6.72. The topological polar surface area (TPSA) is 33.1 Å². The van der Waals surface area contributed by atoms with Crippen LogP contribution >= 0.6 is 0 Å². The van der Waals surface area contributed by atoms with Gasteiger partial charge in [0.15, 0.2) is 0 Å². The van der Waals surface area contributed by atoms with Crippen LogP contribution in [0.2, 0.25) is 0 Å². The van der Waals surface area contributed by atoms with Crippen LogP contribution in [0.5, 0.6) is 0 Å². The molecule has 3 atom stereocenters. The number of nitrogens with one attached hydrogen (secondary N) is 1. The van der Waals surface area contributed by atoms with E-state index >= 15 is 0 Å². The summed E-state index contributed by atoms with van der Waals surface area (Å²) in [6, 6.07) is 9.53. The normalized spacial score (nSPS) is 25.7. The highest BCUT2D eigenvalue weighted by Crippen LogP contribution is 2.21. The van der Waals surface area contributed by atoms with Gasteiger partial charge in [0, 0.05) is 31.4 Å². The van der Waals surface area contributed by atoms with Crippen molar-refractivity contribution in [3.63, 3.8) is 0 Å². The van der Waals surface area contributed by atoms with Gasteiger partial charge in [-0.25, -0.2) is 9.07 Å². The fourth-order valence-corrected chi connectivity index (χ4v) is 3.25. The third kappa shape index (κ3) is 3.79. The van der Waals surface area contributed by atoms with Crippen LogP contribution in [0.15, 0.2) is 36.5 Å². The Morgan fingerprint density at radius 2 is 1.96 bits per heavy atom. The van der Waals surface area contributed by atoms with Gasteiger partial charge in [-0.15, -0.1) is 0 Å². The number of aromatic nitrogens is 2. The van der Waals surface area contributed by atoms with Gasteiger partial charge in [0.1, 0.15) is 5.82 Å². The number of rotatable bonds is 4. The van der Waals surface area contributed by atoms with Gasteiger partial charge in [-0.3, -0.25) is 0 Å². The average molecular weight is 316 g/mol. The lowest BCUT2D eigenvalue weighted by molar-refractivity contribution is 0.121. The largest absolute Gasteiger partial charge is 0.308 e. The number of likely N-dealkylation sites (tertiary alicyclic amines) is 1. The van der Waals surface area contributed by atoms with Crippen molar-refractivity contribution in [1.29, 1.82) is 0 Å². The Kier molecular flexibility index (Phi) is 4.78. The first-order valence-electron chi connectivity index (χ1n) is 8.27. The Balaban J connectivity index is 1.60. The summed E-state index contributed by atoms with van der Waals surface area (Å²) in [6.07, 6.45) is 3.08. The molecule has 1 aliphatic rings. The van der Waals surface area contributed by atoms with Crippen LogP contribution in [0.3, 0.4) is 0 Å². The molecular weight excluding hydrogens is 291 g/mol. The van der Waals surface area contributed by atoms with E-state index in [4.69, 9.17) is 0 Å². The number of hydrogen-bond acceptors (Lipinski definition) is 3. The van der Waals surface area contributed by atoms with Crippen molar-refractivity contribution in [2.75, 3.05) is 13.6 Å². The van der Waals surface area contributed by atoms with Crippen LogP contribution < -0.4 is 5.32 Å². The van der Waals surface area contributed by atoms with E-state index in [1.165, 1.54) is 12.1 Å². The van der Waals surface area contributed by atoms with E-state index in [9.17, 15) is 4.39 Å². The molecule has 2 aromatic rings. The minimum absolute atomic E-state index is 0.229. The van der Waals surface area contributed by atoms with Gasteiger partial charge in [-0.05, 0) is 56.6 Å². The average Bonchev–Trinajstić information content (AvgIpc) is 2.99. The summed E-state index contributed by atoms with van der Waals surface area (Å²) in [7, 11) is 2.20. The fraction of sp³-hybridized carbons (Fsp3) is 0.500. The van der Waals surface area contributed by atoms with Gasteiger partial charge in [0.2, 0.25) is 0 Å². The molecule has 124 valence electrons. The van der Waals surface area contributed by atoms with Gasteiger partial charge in [-0.1, -0.05) is 6.92 Å². The first-order valence-corrected chi connectivity index (χ1v) is 8.27. The van der Waals surface area contributed by atoms with Crippen LogP contribution in [-0.4, -0.2) is 40.4 Å². The third-order valence-corrected chi connectivity index (χ3v) is 4.89.